The van der Waals surface area contributed by atoms with Crippen LogP contribution in [-0.4, -0.2) is 17.4 Å². The first kappa shape index (κ1) is 16.9. The van der Waals surface area contributed by atoms with Crippen molar-refractivity contribution in [3.8, 4) is 0 Å². The molecule has 0 radical (unpaired) electrons. The quantitative estimate of drug-likeness (QED) is 0.640. The number of benzene rings is 3. The van der Waals surface area contributed by atoms with Gasteiger partial charge in [-0.3, -0.25) is 4.79 Å². The van der Waals surface area contributed by atoms with Crippen molar-refractivity contribution in [2.75, 3.05) is 6.54 Å². The zero-order chi connectivity index (χ0) is 17.5. The Bertz CT molecular complexity index is 818. The Morgan fingerprint density at radius 2 is 1.32 bits per heavy atom. The highest BCUT2D eigenvalue weighted by Crippen LogP contribution is 2.14. The van der Waals surface area contributed by atoms with E-state index < -0.39 is 5.82 Å². The first-order chi connectivity index (χ1) is 12.2. The summed E-state index contributed by atoms with van der Waals surface area (Å²) in [5.74, 6) is -0.761. The SMILES string of the molecule is O=C(c1ccccc1F)N(CCc1ccccc1)Cc1ccccc1. The molecular weight excluding hydrogens is 313 g/mol. The fourth-order valence-corrected chi connectivity index (χ4v) is 2.77. The van der Waals surface area contributed by atoms with Gasteiger partial charge < -0.3 is 4.90 Å². The van der Waals surface area contributed by atoms with E-state index in [4.69, 9.17) is 0 Å². The van der Waals surface area contributed by atoms with E-state index in [1.54, 1.807) is 17.0 Å². The van der Waals surface area contributed by atoms with Crippen molar-refractivity contribution in [2.24, 2.45) is 0 Å². The maximum absolute atomic E-state index is 14.1. The molecule has 3 aromatic rings. The molecule has 0 aliphatic carbocycles. The summed E-state index contributed by atoms with van der Waals surface area (Å²) in [6, 6.07) is 25.9. The van der Waals surface area contributed by atoms with Crippen LogP contribution in [0.4, 0.5) is 4.39 Å². The molecule has 3 heteroatoms. The Morgan fingerprint density at radius 1 is 0.760 bits per heavy atom. The van der Waals surface area contributed by atoms with Crippen LogP contribution in [0.1, 0.15) is 21.5 Å². The van der Waals surface area contributed by atoms with Crippen LogP contribution in [0.15, 0.2) is 84.9 Å². The molecule has 0 atom stereocenters. The second kappa shape index (κ2) is 8.25. The Labute approximate surface area is 147 Å². The van der Waals surface area contributed by atoms with Crippen molar-refractivity contribution in [1.29, 1.82) is 0 Å². The molecule has 0 saturated carbocycles. The third kappa shape index (κ3) is 4.54. The van der Waals surface area contributed by atoms with E-state index in [0.717, 1.165) is 17.5 Å². The van der Waals surface area contributed by atoms with E-state index in [9.17, 15) is 9.18 Å². The maximum atomic E-state index is 14.1. The van der Waals surface area contributed by atoms with Gasteiger partial charge in [0.2, 0.25) is 0 Å². The molecule has 0 N–H and O–H groups in total. The fourth-order valence-electron chi connectivity index (χ4n) is 2.77. The van der Waals surface area contributed by atoms with Crippen molar-refractivity contribution >= 4 is 5.91 Å². The van der Waals surface area contributed by atoms with Crippen molar-refractivity contribution in [1.82, 2.24) is 4.90 Å². The van der Waals surface area contributed by atoms with E-state index in [0.29, 0.717) is 13.1 Å². The molecule has 0 aliphatic rings. The van der Waals surface area contributed by atoms with Gasteiger partial charge in [-0.15, -0.1) is 0 Å². The van der Waals surface area contributed by atoms with Crippen molar-refractivity contribution in [3.05, 3.63) is 107 Å². The lowest BCUT2D eigenvalue weighted by Crippen LogP contribution is -2.33. The minimum absolute atomic E-state index is 0.117. The molecule has 25 heavy (non-hydrogen) atoms. The van der Waals surface area contributed by atoms with Crippen LogP contribution >= 0.6 is 0 Å². The molecule has 0 bridgehead atoms. The van der Waals surface area contributed by atoms with Crippen molar-refractivity contribution < 1.29 is 9.18 Å². The Morgan fingerprint density at radius 3 is 1.96 bits per heavy atom. The molecule has 0 fully saturated rings. The Kier molecular flexibility index (Phi) is 5.57. The molecule has 0 aromatic heterocycles. The van der Waals surface area contributed by atoms with E-state index in [-0.39, 0.29) is 11.5 Å². The van der Waals surface area contributed by atoms with E-state index >= 15 is 0 Å². The average molecular weight is 333 g/mol. The van der Waals surface area contributed by atoms with Crippen LogP contribution in [0.3, 0.4) is 0 Å². The molecule has 3 rings (SSSR count). The molecule has 0 saturated heterocycles. The highest BCUT2D eigenvalue weighted by molar-refractivity contribution is 5.94. The molecule has 126 valence electrons. The van der Waals surface area contributed by atoms with Crippen LogP contribution in [0.2, 0.25) is 0 Å². The van der Waals surface area contributed by atoms with Gasteiger partial charge in [0.05, 0.1) is 5.56 Å². The highest BCUT2D eigenvalue weighted by atomic mass is 19.1. The molecule has 1 amide bonds. The summed E-state index contributed by atoms with van der Waals surface area (Å²) in [5.41, 5.74) is 2.30. The second-order valence-electron chi connectivity index (χ2n) is 5.93. The van der Waals surface area contributed by atoms with E-state index in [1.807, 2.05) is 60.7 Å². The smallest absolute Gasteiger partial charge is 0.257 e. The van der Waals surface area contributed by atoms with E-state index in [1.165, 1.54) is 12.1 Å². The summed E-state index contributed by atoms with van der Waals surface area (Å²) < 4.78 is 14.1. The van der Waals surface area contributed by atoms with Gasteiger partial charge in [0.15, 0.2) is 0 Å². The molecule has 3 aromatic carbocycles. The molecule has 2 nitrogen and oxygen atoms in total. The first-order valence-corrected chi connectivity index (χ1v) is 8.35. The predicted molar refractivity (Wildman–Crippen MR) is 97.7 cm³/mol. The van der Waals surface area contributed by atoms with Gasteiger partial charge in [-0.05, 0) is 29.7 Å². The number of amides is 1. The van der Waals surface area contributed by atoms with Crippen LogP contribution < -0.4 is 0 Å². The van der Waals surface area contributed by atoms with E-state index in [2.05, 4.69) is 0 Å². The Hall–Kier alpha value is -2.94. The number of hydrogen-bond acceptors (Lipinski definition) is 1. The normalized spacial score (nSPS) is 10.4. The summed E-state index contributed by atoms with van der Waals surface area (Å²) in [6.45, 7) is 0.993. The number of nitrogens with zero attached hydrogens (tertiary/aromatic N) is 1. The number of carbonyl (C=O) groups excluding carboxylic acids is 1. The zero-order valence-electron chi connectivity index (χ0n) is 13.9. The summed E-state index contributed by atoms with van der Waals surface area (Å²) in [5, 5.41) is 0. The number of halogens is 1. The van der Waals surface area contributed by atoms with Gasteiger partial charge in [-0.25, -0.2) is 4.39 Å². The lowest BCUT2D eigenvalue weighted by molar-refractivity contribution is 0.0740. The first-order valence-electron chi connectivity index (χ1n) is 8.35. The lowest BCUT2D eigenvalue weighted by Gasteiger charge is -2.23. The van der Waals surface area contributed by atoms with Crippen LogP contribution in [-0.2, 0) is 13.0 Å². The molecule has 0 unspecified atom stereocenters. The summed E-state index contributed by atoms with van der Waals surface area (Å²) >= 11 is 0. The minimum atomic E-state index is -0.481. The van der Waals surface area contributed by atoms with Gasteiger partial charge in [0, 0.05) is 13.1 Å². The predicted octanol–water partition coefficient (Wildman–Crippen LogP) is 4.71. The highest BCUT2D eigenvalue weighted by Gasteiger charge is 2.19. The average Bonchev–Trinajstić information content (AvgIpc) is 2.66. The second-order valence-corrected chi connectivity index (χ2v) is 5.93. The van der Waals surface area contributed by atoms with Crippen LogP contribution in [0, 0.1) is 5.82 Å². The molecular formula is C22H20FNO. The lowest BCUT2D eigenvalue weighted by atomic mass is 10.1. The van der Waals surface area contributed by atoms with Gasteiger partial charge in [-0.2, -0.15) is 0 Å². The molecule has 0 aliphatic heterocycles. The Balaban J connectivity index is 1.80. The number of carbonyl (C=O) groups is 1. The summed E-state index contributed by atoms with van der Waals surface area (Å²) in [7, 11) is 0. The summed E-state index contributed by atoms with van der Waals surface area (Å²) in [4.78, 5) is 14.6. The fraction of sp³-hybridized carbons (Fsp3) is 0.136. The van der Waals surface area contributed by atoms with Crippen LogP contribution in [0.25, 0.3) is 0 Å². The molecule has 0 spiro atoms. The molecule has 0 heterocycles. The zero-order valence-corrected chi connectivity index (χ0v) is 13.9. The number of hydrogen-bond donors (Lipinski definition) is 0. The summed E-state index contributed by atoms with van der Waals surface area (Å²) in [6.07, 6.45) is 0.730. The third-order valence-corrected chi connectivity index (χ3v) is 4.12. The standard InChI is InChI=1S/C22H20FNO/c23-21-14-8-7-13-20(21)22(25)24(17-19-11-5-2-6-12-19)16-15-18-9-3-1-4-10-18/h1-14H,15-17H2. The third-order valence-electron chi connectivity index (χ3n) is 4.12. The minimum Gasteiger partial charge on any atom is -0.334 e. The van der Waals surface area contributed by atoms with Crippen molar-refractivity contribution in [2.45, 2.75) is 13.0 Å². The van der Waals surface area contributed by atoms with Crippen molar-refractivity contribution in [3.63, 3.8) is 0 Å². The van der Waals surface area contributed by atoms with Crippen LogP contribution in [0.5, 0.6) is 0 Å². The van der Waals surface area contributed by atoms with Gasteiger partial charge >= 0.3 is 0 Å². The largest absolute Gasteiger partial charge is 0.334 e. The monoisotopic (exact) mass is 333 g/mol. The maximum Gasteiger partial charge on any atom is 0.257 e. The topological polar surface area (TPSA) is 20.3 Å². The van der Waals surface area contributed by atoms with Gasteiger partial charge in [-0.1, -0.05) is 72.8 Å². The van der Waals surface area contributed by atoms with Gasteiger partial charge in [0.1, 0.15) is 5.82 Å². The number of rotatable bonds is 6. The van der Waals surface area contributed by atoms with Gasteiger partial charge in [0.25, 0.3) is 5.91 Å².